The molecule has 0 aromatic carbocycles. The van der Waals surface area contributed by atoms with Crippen molar-refractivity contribution in [2.24, 2.45) is 0 Å². The topological polar surface area (TPSA) is 46.6 Å². The highest BCUT2D eigenvalue weighted by Crippen LogP contribution is 2.16. The van der Waals surface area contributed by atoms with Crippen molar-refractivity contribution in [1.82, 2.24) is 4.31 Å². The van der Waals surface area contributed by atoms with Gasteiger partial charge in [-0.3, -0.25) is 0 Å². The molecule has 1 aliphatic heterocycles. The number of unbranched alkanes of at least 4 members (excludes halogenated alkanes) is 1. The monoisotopic (exact) mass is 249 g/mol. The summed E-state index contributed by atoms with van der Waals surface area (Å²) in [5, 5.41) is 0. The number of nitrogens with zero attached hydrogens (tertiary/aromatic N) is 1. The molecule has 0 saturated carbocycles. The molecule has 0 aliphatic carbocycles. The molecule has 96 valence electrons. The summed E-state index contributed by atoms with van der Waals surface area (Å²) in [5.41, 5.74) is 0. The molecular formula is C11H23NO3S. The molecular weight excluding hydrogens is 226 g/mol. The van der Waals surface area contributed by atoms with E-state index in [4.69, 9.17) is 4.74 Å². The van der Waals surface area contributed by atoms with E-state index in [-0.39, 0.29) is 11.9 Å². The highest BCUT2D eigenvalue weighted by molar-refractivity contribution is 7.89. The minimum atomic E-state index is -3.03. The number of hydrogen-bond donors (Lipinski definition) is 0. The second-order valence-corrected chi connectivity index (χ2v) is 6.50. The minimum absolute atomic E-state index is 0.0987. The average Bonchev–Trinajstić information content (AvgIpc) is 2.30. The van der Waals surface area contributed by atoms with Crippen LogP contribution in [0.4, 0.5) is 0 Å². The molecule has 0 bridgehead atoms. The third-order valence-electron chi connectivity index (χ3n) is 2.95. The van der Waals surface area contributed by atoms with Crippen molar-refractivity contribution in [2.45, 2.75) is 45.6 Å². The molecule has 5 heteroatoms. The molecule has 0 spiro atoms. The van der Waals surface area contributed by atoms with Gasteiger partial charge in [-0.15, -0.1) is 0 Å². The van der Waals surface area contributed by atoms with Crippen molar-refractivity contribution in [3.63, 3.8) is 0 Å². The molecule has 0 radical (unpaired) electrons. The molecule has 0 aromatic heterocycles. The Morgan fingerprint density at radius 3 is 2.75 bits per heavy atom. The van der Waals surface area contributed by atoms with E-state index in [9.17, 15) is 8.42 Å². The maximum atomic E-state index is 11.7. The fourth-order valence-electron chi connectivity index (χ4n) is 1.87. The normalized spacial score (nSPS) is 23.5. The summed E-state index contributed by atoms with van der Waals surface area (Å²) in [6.07, 6.45) is 4.16. The van der Waals surface area contributed by atoms with Gasteiger partial charge in [-0.1, -0.05) is 13.3 Å². The Morgan fingerprint density at radius 2 is 2.12 bits per heavy atom. The van der Waals surface area contributed by atoms with Gasteiger partial charge in [0.15, 0.2) is 0 Å². The summed E-state index contributed by atoms with van der Waals surface area (Å²) in [6.45, 7) is 5.76. The van der Waals surface area contributed by atoms with Gasteiger partial charge in [-0.05, 0) is 26.2 Å². The van der Waals surface area contributed by atoms with Crippen LogP contribution in [0.25, 0.3) is 0 Å². The van der Waals surface area contributed by atoms with Crippen molar-refractivity contribution in [3.05, 3.63) is 0 Å². The van der Waals surface area contributed by atoms with Crippen molar-refractivity contribution in [2.75, 3.05) is 25.4 Å². The van der Waals surface area contributed by atoms with Crippen LogP contribution in [-0.2, 0) is 14.8 Å². The van der Waals surface area contributed by atoms with E-state index in [1.165, 1.54) is 0 Å². The second-order valence-electron chi connectivity index (χ2n) is 4.25. The van der Waals surface area contributed by atoms with Gasteiger partial charge in [0.2, 0.25) is 10.0 Å². The first-order valence-electron chi connectivity index (χ1n) is 6.19. The van der Waals surface area contributed by atoms with Gasteiger partial charge in [0, 0.05) is 19.7 Å². The Kier molecular flexibility index (Phi) is 5.72. The first kappa shape index (κ1) is 13.9. The third kappa shape index (κ3) is 4.03. The fraction of sp³-hybridized carbons (Fsp3) is 1.00. The number of rotatable bonds is 6. The molecule has 0 amide bonds. The van der Waals surface area contributed by atoms with Crippen LogP contribution in [0.2, 0.25) is 0 Å². The zero-order chi connectivity index (χ0) is 12.0. The number of piperidine rings is 1. The number of sulfonamides is 1. The van der Waals surface area contributed by atoms with Crippen LogP contribution in [0.15, 0.2) is 0 Å². The smallest absolute Gasteiger partial charge is 0.213 e. The molecule has 1 atom stereocenters. The van der Waals surface area contributed by atoms with Crippen LogP contribution < -0.4 is 0 Å². The lowest BCUT2D eigenvalue weighted by atomic mass is 10.1. The summed E-state index contributed by atoms with van der Waals surface area (Å²) in [6, 6.07) is 0. The largest absolute Gasteiger partial charge is 0.377 e. The molecule has 0 aromatic rings. The maximum Gasteiger partial charge on any atom is 0.213 e. The molecule has 1 heterocycles. The minimum Gasteiger partial charge on any atom is -0.377 e. The Morgan fingerprint density at radius 1 is 1.38 bits per heavy atom. The molecule has 1 aliphatic rings. The Bertz CT molecular complexity index is 290. The van der Waals surface area contributed by atoms with Crippen molar-refractivity contribution >= 4 is 10.0 Å². The van der Waals surface area contributed by atoms with Crippen LogP contribution in [0.1, 0.15) is 39.5 Å². The molecule has 1 rings (SSSR count). The van der Waals surface area contributed by atoms with E-state index in [0.29, 0.717) is 13.1 Å². The maximum absolute atomic E-state index is 11.7. The quantitative estimate of drug-likeness (QED) is 0.672. The van der Waals surface area contributed by atoms with Gasteiger partial charge in [0.25, 0.3) is 0 Å². The average molecular weight is 249 g/mol. The molecule has 0 unspecified atom stereocenters. The van der Waals surface area contributed by atoms with E-state index in [0.717, 1.165) is 32.3 Å². The lowest BCUT2D eigenvalue weighted by Gasteiger charge is -2.31. The van der Waals surface area contributed by atoms with Crippen LogP contribution >= 0.6 is 0 Å². The number of ether oxygens (including phenoxy) is 1. The van der Waals surface area contributed by atoms with Gasteiger partial charge in [0.1, 0.15) is 0 Å². The van der Waals surface area contributed by atoms with Crippen LogP contribution in [0.5, 0.6) is 0 Å². The van der Waals surface area contributed by atoms with E-state index in [2.05, 4.69) is 6.92 Å². The molecule has 0 N–H and O–H groups in total. The van der Waals surface area contributed by atoms with Gasteiger partial charge < -0.3 is 4.74 Å². The first-order chi connectivity index (χ1) is 7.60. The Labute approximate surface area is 99.0 Å². The standard InChI is InChI=1S/C11H23NO3S/c1-3-5-9-15-11-7-6-8-12(10-11)16(13,14)4-2/h11H,3-10H2,1-2H3/t11-/m1/s1. The lowest BCUT2D eigenvalue weighted by Crippen LogP contribution is -2.43. The van der Waals surface area contributed by atoms with E-state index >= 15 is 0 Å². The molecule has 1 fully saturated rings. The van der Waals surface area contributed by atoms with E-state index in [1.807, 2.05) is 0 Å². The molecule has 16 heavy (non-hydrogen) atoms. The van der Waals surface area contributed by atoms with Gasteiger partial charge in [-0.2, -0.15) is 4.31 Å². The predicted octanol–water partition coefficient (Wildman–Crippen LogP) is 1.62. The van der Waals surface area contributed by atoms with Crippen molar-refractivity contribution in [1.29, 1.82) is 0 Å². The van der Waals surface area contributed by atoms with Crippen molar-refractivity contribution < 1.29 is 13.2 Å². The fourth-order valence-corrected chi connectivity index (χ4v) is 3.04. The first-order valence-corrected chi connectivity index (χ1v) is 7.80. The van der Waals surface area contributed by atoms with E-state index < -0.39 is 10.0 Å². The second kappa shape index (κ2) is 6.57. The van der Waals surface area contributed by atoms with Gasteiger partial charge in [-0.25, -0.2) is 8.42 Å². The Balaban J connectivity index is 2.41. The molecule has 4 nitrogen and oxygen atoms in total. The summed E-state index contributed by atoms with van der Waals surface area (Å²) in [4.78, 5) is 0. The zero-order valence-electron chi connectivity index (χ0n) is 10.3. The highest BCUT2D eigenvalue weighted by atomic mass is 32.2. The van der Waals surface area contributed by atoms with Gasteiger partial charge in [0.05, 0.1) is 11.9 Å². The summed E-state index contributed by atoms with van der Waals surface area (Å²) in [7, 11) is -3.03. The zero-order valence-corrected chi connectivity index (χ0v) is 11.1. The highest BCUT2D eigenvalue weighted by Gasteiger charge is 2.27. The van der Waals surface area contributed by atoms with Crippen LogP contribution in [0.3, 0.4) is 0 Å². The Hall–Kier alpha value is -0.130. The summed E-state index contributed by atoms with van der Waals surface area (Å²) in [5.74, 6) is 0.189. The summed E-state index contributed by atoms with van der Waals surface area (Å²) < 4.78 is 30.7. The predicted molar refractivity (Wildman–Crippen MR) is 64.9 cm³/mol. The molecule has 1 saturated heterocycles. The third-order valence-corrected chi connectivity index (χ3v) is 4.80. The van der Waals surface area contributed by atoms with Crippen LogP contribution in [-0.4, -0.2) is 44.3 Å². The van der Waals surface area contributed by atoms with Crippen molar-refractivity contribution in [3.8, 4) is 0 Å². The van der Waals surface area contributed by atoms with Crippen LogP contribution in [0, 0.1) is 0 Å². The SMILES string of the molecule is CCCCO[C@@H]1CCCN(S(=O)(=O)CC)C1. The summed E-state index contributed by atoms with van der Waals surface area (Å²) >= 11 is 0. The number of hydrogen-bond acceptors (Lipinski definition) is 3. The van der Waals surface area contributed by atoms with E-state index in [1.54, 1.807) is 11.2 Å². The van der Waals surface area contributed by atoms with Gasteiger partial charge >= 0.3 is 0 Å². The lowest BCUT2D eigenvalue weighted by molar-refractivity contribution is 0.0176.